The van der Waals surface area contributed by atoms with Gasteiger partial charge in [-0.3, -0.25) is 4.79 Å². The highest BCUT2D eigenvalue weighted by Crippen LogP contribution is 2.44. The molecule has 0 radical (unpaired) electrons. The number of likely N-dealkylation sites (tertiary alicyclic amines) is 1. The Morgan fingerprint density at radius 2 is 1.19 bits per heavy atom. The Kier molecular flexibility index (Phi) is 6.99. The zero-order valence-corrected chi connectivity index (χ0v) is 18.8. The lowest BCUT2D eigenvalue weighted by Crippen LogP contribution is -2.27. The van der Waals surface area contributed by atoms with Gasteiger partial charge >= 0.3 is 0 Å². The first-order valence-electron chi connectivity index (χ1n) is 9.89. The Labute approximate surface area is 182 Å². The van der Waals surface area contributed by atoms with Crippen LogP contribution in [-0.2, 0) is 11.3 Å². The quantitative estimate of drug-likeness (QED) is 0.600. The Balaban J connectivity index is 1.98. The molecule has 2 aromatic carbocycles. The molecule has 3 rings (SSSR count). The van der Waals surface area contributed by atoms with Gasteiger partial charge < -0.3 is 33.3 Å². The van der Waals surface area contributed by atoms with Crippen molar-refractivity contribution in [2.24, 2.45) is 0 Å². The molecule has 1 heterocycles. The molecule has 0 aromatic heterocycles. The van der Waals surface area contributed by atoms with Crippen molar-refractivity contribution in [3.63, 3.8) is 0 Å². The number of amides is 1. The predicted octanol–water partition coefficient (Wildman–Crippen LogP) is 3.60. The van der Waals surface area contributed by atoms with Crippen LogP contribution < -0.4 is 28.4 Å². The number of carbonyl (C=O) groups excluding carboxylic acids is 1. The molecule has 0 spiro atoms. The largest absolute Gasteiger partial charge is 0.493 e. The third-order valence-electron chi connectivity index (χ3n) is 5.48. The van der Waals surface area contributed by atoms with Gasteiger partial charge in [0.2, 0.25) is 17.4 Å². The molecule has 1 aliphatic rings. The van der Waals surface area contributed by atoms with Gasteiger partial charge in [-0.15, -0.1) is 0 Å². The maximum atomic E-state index is 12.8. The van der Waals surface area contributed by atoms with Crippen LogP contribution >= 0.6 is 0 Å². The van der Waals surface area contributed by atoms with Crippen molar-refractivity contribution in [1.82, 2.24) is 4.90 Å². The molecule has 1 amide bonds. The average Bonchev–Trinajstić information content (AvgIpc) is 3.16. The van der Waals surface area contributed by atoms with Crippen LogP contribution in [0.25, 0.3) is 0 Å². The number of ether oxygens (including phenoxy) is 6. The molecule has 168 valence electrons. The maximum Gasteiger partial charge on any atom is 0.223 e. The van der Waals surface area contributed by atoms with Gasteiger partial charge in [0.05, 0.1) is 48.7 Å². The molecule has 2 aromatic rings. The van der Waals surface area contributed by atoms with Crippen LogP contribution in [0.15, 0.2) is 24.3 Å². The van der Waals surface area contributed by atoms with E-state index in [1.807, 2.05) is 29.2 Å². The summed E-state index contributed by atoms with van der Waals surface area (Å²) in [5.74, 6) is 3.33. The van der Waals surface area contributed by atoms with Gasteiger partial charge in [0, 0.05) is 13.0 Å². The van der Waals surface area contributed by atoms with Crippen LogP contribution in [0.5, 0.6) is 34.5 Å². The Morgan fingerprint density at radius 1 is 0.742 bits per heavy atom. The molecule has 0 bridgehead atoms. The smallest absolute Gasteiger partial charge is 0.223 e. The molecule has 0 unspecified atom stereocenters. The predicted molar refractivity (Wildman–Crippen MR) is 115 cm³/mol. The Hall–Kier alpha value is -3.29. The molecule has 1 fully saturated rings. The summed E-state index contributed by atoms with van der Waals surface area (Å²) in [7, 11) is 9.42. The number of carbonyl (C=O) groups is 1. The van der Waals surface area contributed by atoms with Gasteiger partial charge in [-0.2, -0.15) is 0 Å². The lowest BCUT2D eigenvalue weighted by atomic mass is 10.0. The normalized spacial score (nSPS) is 15.6. The summed E-state index contributed by atoms with van der Waals surface area (Å²) < 4.78 is 32.7. The summed E-state index contributed by atoms with van der Waals surface area (Å²) in [6.07, 6.45) is 1.16. The zero-order chi connectivity index (χ0) is 22.5. The fourth-order valence-corrected chi connectivity index (χ4v) is 4.00. The van der Waals surface area contributed by atoms with Crippen molar-refractivity contribution in [2.75, 3.05) is 42.7 Å². The third kappa shape index (κ3) is 4.28. The molecule has 8 heteroatoms. The number of benzene rings is 2. The summed E-state index contributed by atoms with van der Waals surface area (Å²) in [4.78, 5) is 14.6. The lowest BCUT2D eigenvalue weighted by Gasteiger charge is -2.27. The highest BCUT2D eigenvalue weighted by molar-refractivity contribution is 5.79. The highest BCUT2D eigenvalue weighted by atomic mass is 16.5. The summed E-state index contributed by atoms with van der Waals surface area (Å²) >= 11 is 0. The summed E-state index contributed by atoms with van der Waals surface area (Å²) in [5, 5.41) is 0. The fourth-order valence-electron chi connectivity index (χ4n) is 4.00. The van der Waals surface area contributed by atoms with Gasteiger partial charge in [-0.25, -0.2) is 0 Å². The van der Waals surface area contributed by atoms with E-state index in [2.05, 4.69) is 0 Å². The number of rotatable bonds is 9. The van der Waals surface area contributed by atoms with E-state index in [9.17, 15) is 4.79 Å². The van der Waals surface area contributed by atoms with Gasteiger partial charge in [0.15, 0.2) is 23.0 Å². The maximum absolute atomic E-state index is 12.8. The molecule has 0 saturated carbocycles. The van der Waals surface area contributed by atoms with Gasteiger partial charge in [0.25, 0.3) is 0 Å². The Bertz CT molecular complexity index is 894. The lowest BCUT2D eigenvalue weighted by molar-refractivity contribution is -0.129. The van der Waals surface area contributed by atoms with Crippen LogP contribution in [-0.4, -0.2) is 53.5 Å². The summed E-state index contributed by atoms with van der Waals surface area (Å²) in [6.45, 7) is 0.400. The third-order valence-corrected chi connectivity index (χ3v) is 5.48. The minimum Gasteiger partial charge on any atom is -0.493 e. The zero-order valence-electron chi connectivity index (χ0n) is 18.8. The molecule has 0 N–H and O–H groups in total. The minimum absolute atomic E-state index is 0.0764. The second kappa shape index (κ2) is 9.68. The van der Waals surface area contributed by atoms with Crippen LogP contribution in [0.1, 0.15) is 30.0 Å². The first kappa shape index (κ1) is 22.4. The van der Waals surface area contributed by atoms with Crippen LogP contribution in [0.3, 0.4) is 0 Å². The van der Waals surface area contributed by atoms with Crippen molar-refractivity contribution < 1.29 is 33.2 Å². The second-order valence-corrected chi connectivity index (χ2v) is 7.07. The summed E-state index contributed by atoms with van der Waals surface area (Å²) in [5.41, 5.74) is 1.80. The molecule has 1 aliphatic heterocycles. The van der Waals surface area contributed by atoms with E-state index in [4.69, 9.17) is 28.4 Å². The second-order valence-electron chi connectivity index (χ2n) is 7.07. The van der Waals surface area contributed by atoms with E-state index >= 15 is 0 Å². The van der Waals surface area contributed by atoms with Crippen LogP contribution in [0, 0.1) is 0 Å². The van der Waals surface area contributed by atoms with Crippen molar-refractivity contribution in [3.05, 3.63) is 35.4 Å². The highest BCUT2D eigenvalue weighted by Gasteiger charge is 2.34. The van der Waals surface area contributed by atoms with Crippen molar-refractivity contribution >= 4 is 5.91 Å². The minimum atomic E-state index is -0.125. The van der Waals surface area contributed by atoms with Crippen molar-refractivity contribution in [1.29, 1.82) is 0 Å². The molecular formula is C23H29NO7. The van der Waals surface area contributed by atoms with Gasteiger partial charge in [-0.05, 0) is 41.8 Å². The van der Waals surface area contributed by atoms with E-state index < -0.39 is 0 Å². The van der Waals surface area contributed by atoms with Crippen LogP contribution in [0.2, 0.25) is 0 Å². The van der Waals surface area contributed by atoms with Crippen LogP contribution in [0.4, 0.5) is 0 Å². The number of methoxy groups -OCH3 is 6. The average molecular weight is 431 g/mol. The van der Waals surface area contributed by atoms with E-state index in [0.29, 0.717) is 53.9 Å². The van der Waals surface area contributed by atoms with E-state index in [1.54, 1.807) is 42.7 Å². The Morgan fingerprint density at radius 3 is 1.61 bits per heavy atom. The number of hydrogen-bond acceptors (Lipinski definition) is 7. The monoisotopic (exact) mass is 431 g/mol. The number of nitrogens with zero attached hydrogens (tertiary/aromatic N) is 1. The topological polar surface area (TPSA) is 75.7 Å². The number of hydrogen-bond donors (Lipinski definition) is 0. The molecule has 1 atom stereocenters. The SMILES string of the molecule is COc1cc(CN2C(=O)CC[C@@H]2c2cc(OC)c(OC)c(OC)c2)cc(OC)c1OC. The molecule has 0 aliphatic carbocycles. The van der Waals surface area contributed by atoms with Gasteiger partial charge in [-0.1, -0.05) is 0 Å². The first-order chi connectivity index (χ1) is 15.0. The van der Waals surface area contributed by atoms with Crippen molar-refractivity contribution in [2.45, 2.75) is 25.4 Å². The molecule has 8 nitrogen and oxygen atoms in total. The fraction of sp³-hybridized carbons (Fsp3) is 0.435. The molecular weight excluding hydrogens is 402 g/mol. The van der Waals surface area contributed by atoms with E-state index in [-0.39, 0.29) is 11.9 Å². The summed E-state index contributed by atoms with van der Waals surface area (Å²) in [6, 6.07) is 7.39. The molecule has 1 saturated heterocycles. The van der Waals surface area contributed by atoms with Crippen molar-refractivity contribution in [3.8, 4) is 34.5 Å². The first-order valence-corrected chi connectivity index (χ1v) is 9.89. The van der Waals surface area contributed by atoms with E-state index in [1.165, 1.54) is 0 Å². The molecule has 31 heavy (non-hydrogen) atoms. The van der Waals surface area contributed by atoms with Gasteiger partial charge in [0.1, 0.15) is 0 Å². The van der Waals surface area contributed by atoms with E-state index in [0.717, 1.165) is 11.1 Å². The standard InChI is InChI=1S/C23H29NO7/c1-26-17-9-14(10-18(27-2)22(17)30-5)13-24-16(7-8-21(24)25)15-11-19(28-3)23(31-6)20(12-15)29-4/h9-12,16H,7-8,13H2,1-6H3/t16-/m1/s1.